The number of hydrogen-bond acceptors (Lipinski definition) is 4. The van der Waals surface area contributed by atoms with Crippen LogP contribution in [0.15, 0.2) is 42.6 Å². The Balaban J connectivity index is 2.30. The normalized spacial score (nSPS) is 9.79. The van der Waals surface area contributed by atoms with Gasteiger partial charge in [0.15, 0.2) is 5.82 Å². The van der Waals surface area contributed by atoms with Crippen LogP contribution in [0.3, 0.4) is 0 Å². The fourth-order valence-corrected chi connectivity index (χ4v) is 1.20. The third kappa shape index (κ3) is 1.69. The molecule has 0 aliphatic heterocycles. The maximum absolute atomic E-state index is 3.92. The van der Waals surface area contributed by atoms with Crippen molar-refractivity contribution in [2.24, 2.45) is 0 Å². The number of nitrogens with zero attached hydrogens (tertiary/aromatic N) is 4. The van der Waals surface area contributed by atoms with Crippen molar-refractivity contribution in [1.82, 2.24) is 15.4 Å². The van der Waals surface area contributed by atoms with Crippen LogP contribution in [0.2, 0.25) is 0 Å². The van der Waals surface area contributed by atoms with E-state index >= 15 is 0 Å². The highest BCUT2D eigenvalue weighted by Crippen LogP contribution is 2.18. The minimum atomic E-state index is 0.784. The summed E-state index contributed by atoms with van der Waals surface area (Å²) in [5, 5.41) is 11.1. The second-order valence-corrected chi connectivity index (χ2v) is 2.87. The molecule has 0 aliphatic rings. The molecule has 0 fully saturated rings. The Morgan fingerprint density at radius 1 is 1.07 bits per heavy atom. The van der Waals surface area contributed by atoms with Crippen molar-refractivity contribution in [3.63, 3.8) is 0 Å². The Hall–Kier alpha value is -1.97. The summed E-state index contributed by atoms with van der Waals surface area (Å²) in [6, 6.07) is 11.8. The van der Waals surface area contributed by atoms with Crippen LogP contribution < -0.4 is 4.90 Å². The van der Waals surface area contributed by atoms with Crippen LogP contribution in [0.4, 0.5) is 11.5 Å². The summed E-state index contributed by atoms with van der Waals surface area (Å²) in [5.74, 6) is 0.784. The summed E-state index contributed by atoms with van der Waals surface area (Å²) in [4.78, 5) is 1.95. The van der Waals surface area contributed by atoms with Gasteiger partial charge in [-0.3, -0.25) is 0 Å². The number of benzene rings is 1. The Morgan fingerprint density at radius 2 is 1.86 bits per heavy atom. The van der Waals surface area contributed by atoms with Gasteiger partial charge in [0.05, 0.1) is 6.20 Å². The standard InChI is InChI=1S/C10H10N4/c1-14(9-5-3-2-4-6-9)10-7-8-11-13-12-10/h2-8H,1H3. The van der Waals surface area contributed by atoms with E-state index < -0.39 is 0 Å². The fourth-order valence-electron chi connectivity index (χ4n) is 1.20. The van der Waals surface area contributed by atoms with Gasteiger partial charge >= 0.3 is 0 Å². The maximum atomic E-state index is 3.92. The highest BCUT2D eigenvalue weighted by Gasteiger charge is 2.03. The fraction of sp³-hybridized carbons (Fsp3) is 0.100. The molecule has 0 unspecified atom stereocenters. The van der Waals surface area contributed by atoms with Crippen molar-refractivity contribution in [2.75, 3.05) is 11.9 Å². The van der Waals surface area contributed by atoms with Gasteiger partial charge in [-0.05, 0) is 17.3 Å². The largest absolute Gasteiger partial charge is 0.328 e. The van der Waals surface area contributed by atoms with E-state index in [0.717, 1.165) is 11.5 Å². The second kappa shape index (κ2) is 3.83. The highest BCUT2D eigenvalue weighted by molar-refractivity contribution is 5.57. The van der Waals surface area contributed by atoms with Crippen molar-refractivity contribution < 1.29 is 0 Å². The van der Waals surface area contributed by atoms with Gasteiger partial charge in [0, 0.05) is 18.8 Å². The lowest BCUT2D eigenvalue weighted by atomic mass is 10.3. The molecule has 4 nitrogen and oxygen atoms in total. The number of rotatable bonds is 2. The first-order valence-electron chi connectivity index (χ1n) is 4.31. The topological polar surface area (TPSA) is 41.9 Å². The van der Waals surface area contributed by atoms with Crippen molar-refractivity contribution in [1.29, 1.82) is 0 Å². The zero-order chi connectivity index (χ0) is 9.80. The third-order valence-electron chi connectivity index (χ3n) is 1.98. The van der Waals surface area contributed by atoms with E-state index in [9.17, 15) is 0 Å². The lowest BCUT2D eigenvalue weighted by molar-refractivity contribution is 0.853. The Morgan fingerprint density at radius 3 is 2.50 bits per heavy atom. The quantitative estimate of drug-likeness (QED) is 0.715. The molecule has 2 rings (SSSR count). The molecule has 0 radical (unpaired) electrons. The summed E-state index contributed by atoms with van der Waals surface area (Å²) >= 11 is 0. The average molecular weight is 186 g/mol. The summed E-state index contributed by atoms with van der Waals surface area (Å²) in [5.41, 5.74) is 1.08. The van der Waals surface area contributed by atoms with Crippen molar-refractivity contribution in [3.05, 3.63) is 42.6 Å². The zero-order valence-corrected chi connectivity index (χ0v) is 7.83. The molecule has 0 spiro atoms. The van der Waals surface area contributed by atoms with Crippen LogP contribution in [0.5, 0.6) is 0 Å². The molecule has 0 atom stereocenters. The van der Waals surface area contributed by atoms with Crippen molar-refractivity contribution in [2.45, 2.75) is 0 Å². The predicted molar refractivity (Wildman–Crippen MR) is 54.3 cm³/mol. The SMILES string of the molecule is CN(c1ccccc1)c1ccnnn1. The molecule has 70 valence electrons. The Bertz CT molecular complexity index is 348. The minimum Gasteiger partial charge on any atom is -0.328 e. The van der Waals surface area contributed by atoms with Crippen molar-refractivity contribution in [3.8, 4) is 0 Å². The third-order valence-corrected chi connectivity index (χ3v) is 1.98. The van der Waals surface area contributed by atoms with E-state index in [1.165, 1.54) is 0 Å². The van der Waals surface area contributed by atoms with Crippen LogP contribution >= 0.6 is 0 Å². The van der Waals surface area contributed by atoms with E-state index in [4.69, 9.17) is 0 Å². The van der Waals surface area contributed by atoms with Crippen molar-refractivity contribution >= 4 is 11.5 Å². The predicted octanol–water partition coefficient (Wildman–Crippen LogP) is 1.64. The van der Waals surface area contributed by atoms with Gasteiger partial charge in [0.1, 0.15) is 0 Å². The number of anilines is 2. The highest BCUT2D eigenvalue weighted by atomic mass is 15.3. The van der Waals surface area contributed by atoms with E-state index in [1.54, 1.807) is 6.20 Å². The summed E-state index contributed by atoms with van der Waals surface area (Å²) < 4.78 is 0. The van der Waals surface area contributed by atoms with Gasteiger partial charge in [-0.15, -0.1) is 10.2 Å². The average Bonchev–Trinajstić information content (AvgIpc) is 2.30. The monoisotopic (exact) mass is 186 g/mol. The lowest BCUT2D eigenvalue weighted by Crippen LogP contribution is -2.11. The summed E-state index contributed by atoms with van der Waals surface area (Å²) in [6.07, 6.45) is 1.63. The molecule has 0 N–H and O–H groups in total. The molecule has 14 heavy (non-hydrogen) atoms. The van der Waals surface area contributed by atoms with Gasteiger partial charge in [0.25, 0.3) is 0 Å². The minimum absolute atomic E-state index is 0.784. The molecule has 1 aromatic carbocycles. The second-order valence-electron chi connectivity index (χ2n) is 2.87. The van der Waals surface area contributed by atoms with Crippen LogP contribution in [0, 0.1) is 0 Å². The van der Waals surface area contributed by atoms with Gasteiger partial charge in [-0.1, -0.05) is 18.2 Å². The van der Waals surface area contributed by atoms with Crippen LogP contribution in [0.25, 0.3) is 0 Å². The van der Waals surface area contributed by atoms with Crippen LogP contribution in [0.1, 0.15) is 0 Å². The molecule has 4 heteroatoms. The van der Waals surface area contributed by atoms with Crippen LogP contribution in [-0.2, 0) is 0 Å². The number of hydrogen-bond donors (Lipinski definition) is 0. The molecule has 0 amide bonds. The van der Waals surface area contributed by atoms with E-state index in [2.05, 4.69) is 15.4 Å². The molecular formula is C10H10N4. The molecule has 0 bridgehead atoms. The molecule has 1 heterocycles. The summed E-state index contributed by atoms with van der Waals surface area (Å²) in [7, 11) is 1.94. The smallest absolute Gasteiger partial charge is 0.158 e. The number of aromatic nitrogens is 3. The molecule has 0 saturated carbocycles. The van der Waals surface area contributed by atoms with Gasteiger partial charge < -0.3 is 4.90 Å². The van der Waals surface area contributed by atoms with Crippen LogP contribution in [-0.4, -0.2) is 22.5 Å². The number of para-hydroxylation sites is 1. The maximum Gasteiger partial charge on any atom is 0.158 e. The Kier molecular flexibility index (Phi) is 2.36. The summed E-state index contributed by atoms with van der Waals surface area (Å²) in [6.45, 7) is 0. The van der Waals surface area contributed by atoms with E-state index in [1.807, 2.05) is 48.3 Å². The first kappa shape index (κ1) is 8.62. The zero-order valence-electron chi connectivity index (χ0n) is 7.83. The van der Waals surface area contributed by atoms with E-state index in [0.29, 0.717) is 0 Å². The van der Waals surface area contributed by atoms with E-state index in [-0.39, 0.29) is 0 Å². The molecule has 0 aliphatic carbocycles. The first-order chi connectivity index (χ1) is 6.88. The molecule has 1 aromatic heterocycles. The Labute approximate surface area is 82.2 Å². The molecular weight excluding hydrogens is 176 g/mol. The first-order valence-corrected chi connectivity index (χ1v) is 4.31. The molecule has 0 saturated heterocycles. The van der Waals surface area contributed by atoms with Gasteiger partial charge in [-0.2, -0.15) is 0 Å². The lowest BCUT2D eigenvalue weighted by Gasteiger charge is -2.16. The molecule has 2 aromatic rings. The van der Waals surface area contributed by atoms with Gasteiger partial charge in [0.2, 0.25) is 0 Å². The van der Waals surface area contributed by atoms with Gasteiger partial charge in [-0.25, -0.2) is 0 Å².